The normalized spacial score (nSPS) is 10.1. The number of nitrogens with one attached hydrogen (secondary N) is 1. The molecule has 0 atom stereocenters. The van der Waals surface area contributed by atoms with Crippen molar-refractivity contribution in [3.05, 3.63) is 12.0 Å². The van der Waals surface area contributed by atoms with Crippen LogP contribution in [0.1, 0.15) is 23.8 Å². The van der Waals surface area contributed by atoms with Gasteiger partial charge in [0.05, 0.1) is 12.9 Å². The smallest absolute Gasteiger partial charge is 0.272 e. The second-order valence-corrected chi connectivity index (χ2v) is 3.65. The highest BCUT2D eigenvalue weighted by Gasteiger charge is 2.18. The maximum atomic E-state index is 11.8. The van der Waals surface area contributed by atoms with Crippen LogP contribution >= 0.6 is 0 Å². The molecule has 5 N–H and O–H groups in total. The Hall–Kier alpha value is -2.38. The topological polar surface area (TPSA) is 133 Å². The highest BCUT2D eigenvalue weighted by molar-refractivity contribution is 5.99. The van der Waals surface area contributed by atoms with E-state index >= 15 is 0 Å². The molecule has 0 radical (unpaired) electrons. The monoisotopic (exact) mass is 253 g/mol. The summed E-state index contributed by atoms with van der Waals surface area (Å²) in [4.78, 5) is 37.4. The van der Waals surface area contributed by atoms with Gasteiger partial charge < -0.3 is 21.4 Å². The lowest BCUT2D eigenvalue weighted by Gasteiger charge is -2.07. The van der Waals surface area contributed by atoms with E-state index < -0.39 is 11.8 Å². The van der Waals surface area contributed by atoms with E-state index in [4.69, 9.17) is 11.5 Å². The molecular weight excluding hydrogens is 238 g/mol. The van der Waals surface area contributed by atoms with Crippen molar-refractivity contribution in [2.24, 2.45) is 5.73 Å². The van der Waals surface area contributed by atoms with Gasteiger partial charge in [-0.2, -0.15) is 0 Å². The number of imidazole rings is 1. The van der Waals surface area contributed by atoms with Crippen LogP contribution < -0.4 is 16.8 Å². The third-order valence-electron chi connectivity index (χ3n) is 2.25. The predicted molar refractivity (Wildman–Crippen MR) is 63.5 cm³/mol. The standard InChI is InChI=1S/C10H15N5O3/c1-2-6(16)3-13-10(18)8-9(12)14-5-15(8)4-7(11)17/h5H,2-4,12H2,1H3,(H2,11,17)(H,13,18). The number of carbonyl (C=O) groups excluding carboxylic acids is 3. The van der Waals surface area contributed by atoms with Gasteiger partial charge in [-0.1, -0.05) is 6.92 Å². The number of carbonyl (C=O) groups is 3. The average molecular weight is 253 g/mol. The van der Waals surface area contributed by atoms with Gasteiger partial charge in [0.25, 0.3) is 5.91 Å². The number of nitrogens with zero attached hydrogens (tertiary/aromatic N) is 2. The molecule has 0 saturated heterocycles. The van der Waals surface area contributed by atoms with Crippen molar-refractivity contribution < 1.29 is 14.4 Å². The van der Waals surface area contributed by atoms with E-state index in [0.29, 0.717) is 6.42 Å². The van der Waals surface area contributed by atoms with Crippen LogP contribution in [-0.2, 0) is 16.1 Å². The Morgan fingerprint density at radius 2 is 2.11 bits per heavy atom. The molecule has 98 valence electrons. The van der Waals surface area contributed by atoms with Crippen LogP contribution in [0.4, 0.5) is 5.82 Å². The molecule has 8 nitrogen and oxygen atoms in total. The van der Waals surface area contributed by atoms with Gasteiger partial charge in [-0.3, -0.25) is 14.4 Å². The molecule has 1 rings (SSSR count). The summed E-state index contributed by atoms with van der Waals surface area (Å²) >= 11 is 0. The molecule has 0 aliphatic carbocycles. The molecule has 1 aromatic rings. The van der Waals surface area contributed by atoms with Gasteiger partial charge >= 0.3 is 0 Å². The summed E-state index contributed by atoms with van der Waals surface area (Å²) in [5.74, 6) is -1.31. The second kappa shape index (κ2) is 5.80. The maximum Gasteiger partial charge on any atom is 0.272 e. The van der Waals surface area contributed by atoms with Crippen LogP contribution in [0.2, 0.25) is 0 Å². The number of anilines is 1. The number of Topliss-reactive ketones (excluding diaryl/α,β-unsaturated/α-hetero) is 1. The second-order valence-electron chi connectivity index (χ2n) is 3.65. The lowest BCUT2D eigenvalue weighted by molar-refractivity contribution is -0.119. The van der Waals surface area contributed by atoms with Crippen LogP contribution in [0.5, 0.6) is 0 Å². The molecular formula is C10H15N5O3. The fourth-order valence-electron chi connectivity index (χ4n) is 1.32. The summed E-state index contributed by atoms with van der Waals surface area (Å²) in [6.45, 7) is 1.41. The molecule has 0 bridgehead atoms. The zero-order valence-electron chi connectivity index (χ0n) is 9.97. The van der Waals surface area contributed by atoms with E-state index in [9.17, 15) is 14.4 Å². The van der Waals surface area contributed by atoms with E-state index in [0.717, 1.165) is 0 Å². The molecule has 0 aliphatic rings. The van der Waals surface area contributed by atoms with E-state index in [1.807, 2.05) is 0 Å². The van der Waals surface area contributed by atoms with E-state index in [2.05, 4.69) is 10.3 Å². The van der Waals surface area contributed by atoms with E-state index in [-0.39, 0.29) is 30.4 Å². The summed E-state index contributed by atoms with van der Waals surface area (Å²) in [6, 6.07) is 0. The first-order valence-electron chi connectivity index (χ1n) is 5.34. The minimum Gasteiger partial charge on any atom is -0.382 e. The van der Waals surface area contributed by atoms with Gasteiger partial charge in [0.1, 0.15) is 6.54 Å². The highest BCUT2D eigenvalue weighted by atomic mass is 16.2. The lowest BCUT2D eigenvalue weighted by Crippen LogP contribution is -2.32. The molecule has 18 heavy (non-hydrogen) atoms. The number of ketones is 1. The van der Waals surface area contributed by atoms with Crippen molar-refractivity contribution in [3.63, 3.8) is 0 Å². The highest BCUT2D eigenvalue weighted by Crippen LogP contribution is 2.09. The summed E-state index contributed by atoms with van der Waals surface area (Å²) < 4.78 is 1.24. The zero-order valence-corrected chi connectivity index (χ0v) is 9.97. The number of nitrogens with two attached hydrogens (primary N) is 2. The number of aromatic nitrogens is 2. The predicted octanol–water partition coefficient (Wildman–Crippen LogP) is -1.34. The molecule has 1 aromatic heterocycles. The molecule has 8 heteroatoms. The summed E-state index contributed by atoms with van der Waals surface area (Å²) in [7, 11) is 0. The Morgan fingerprint density at radius 1 is 1.44 bits per heavy atom. The summed E-state index contributed by atoms with van der Waals surface area (Å²) in [5, 5.41) is 2.41. The first kappa shape index (κ1) is 13.7. The van der Waals surface area contributed by atoms with Gasteiger partial charge in [0, 0.05) is 6.42 Å². The Kier molecular flexibility index (Phi) is 4.41. The Balaban J connectivity index is 2.81. The molecule has 0 fully saturated rings. The molecule has 0 spiro atoms. The first-order chi connectivity index (χ1) is 8.45. The third kappa shape index (κ3) is 3.30. The summed E-state index contributed by atoms with van der Waals surface area (Å²) in [6.07, 6.45) is 1.58. The number of rotatable bonds is 6. The number of hydrogen-bond donors (Lipinski definition) is 3. The van der Waals surface area contributed by atoms with Crippen molar-refractivity contribution in [2.75, 3.05) is 12.3 Å². The molecule has 1 heterocycles. The Labute approximate surface area is 103 Å². The van der Waals surface area contributed by atoms with Crippen LogP contribution in [0.25, 0.3) is 0 Å². The molecule has 2 amide bonds. The van der Waals surface area contributed by atoms with E-state index in [1.54, 1.807) is 6.92 Å². The quantitative estimate of drug-likeness (QED) is 0.577. The van der Waals surface area contributed by atoms with Crippen LogP contribution in [0, 0.1) is 0 Å². The van der Waals surface area contributed by atoms with Crippen LogP contribution in [0.15, 0.2) is 6.33 Å². The van der Waals surface area contributed by atoms with E-state index in [1.165, 1.54) is 10.9 Å². The maximum absolute atomic E-state index is 11.8. The summed E-state index contributed by atoms with van der Waals surface area (Å²) in [5.41, 5.74) is 10.6. The van der Waals surface area contributed by atoms with Crippen molar-refractivity contribution in [2.45, 2.75) is 19.9 Å². The number of hydrogen-bond acceptors (Lipinski definition) is 5. The van der Waals surface area contributed by atoms with Gasteiger partial charge in [0.2, 0.25) is 5.91 Å². The number of primary amides is 1. The van der Waals surface area contributed by atoms with Gasteiger partial charge in [-0.25, -0.2) is 4.98 Å². The molecule has 0 aliphatic heterocycles. The number of amides is 2. The lowest BCUT2D eigenvalue weighted by atomic mass is 10.3. The van der Waals surface area contributed by atoms with Crippen molar-refractivity contribution in [1.29, 1.82) is 0 Å². The van der Waals surface area contributed by atoms with Gasteiger partial charge in [-0.05, 0) is 0 Å². The minimum absolute atomic E-state index is 0.0160. The largest absolute Gasteiger partial charge is 0.382 e. The Morgan fingerprint density at radius 3 is 2.67 bits per heavy atom. The fraction of sp³-hybridized carbons (Fsp3) is 0.400. The van der Waals surface area contributed by atoms with Gasteiger partial charge in [-0.15, -0.1) is 0 Å². The van der Waals surface area contributed by atoms with Crippen LogP contribution in [-0.4, -0.2) is 33.7 Å². The zero-order chi connectivity index (χ0) is 13.7. The van der Waals surface area contributed by atoms with Crippen molar-refractivity contribution >= 4 is 23.4 Å². The minimum atomic E-state index is -0.619. The first-order valence-corrected chi connectivity index (χ1v) is 5.34. The third-order valence-corrected chi connectivity index (χ3v) is 2.25. The van der Waals surface area contributed by atoms with Crippen LogP contribution in [0.3, 0.4) is 0 Å². The number of nitrogen functional groups attached to an aromatic ring is 1. The molecule has 0 aromatic carbocycles. The molecule has 0 unspecified atom stereocenters. The fourth-order valence-corrected chi connectivity index (χ4v) is 1.32. The average Bonchev–Trinajstić information content (AvgIpc) is 2.66. The Bertz CT molecular complexity index is 480. The SMILES string of the molecule is CCC(=O)CNC(=O)c1c(N)ncn1CC(N)=O. The van der Waals surface area contributed by atoms with Crippen molar-refractivity contribution in [1.82, 2.24) is 14.9 Å². The molecule has 0 saturated carbocycles. The van der Waals surface area contributed by atoms with Crippen molar-refractivity contribution in [3.8, 4) is 0 Å². The van der Waals surface area contributed by atoms with Gasteiger partial charge in [0.15, 0.2) is 17.3 Å².